The number of carbonyl (C=O) groups excluding carboxylic acids is 1. The summed E-state index contributed by atoms with van der Waals surface area (Å²) >= 11 is 2.35. The number of alkyl halides is 1. The molecule has 1 saturated heterocycles. The van der Waals surface area contributed by atoms with Crippen LogP contribution >= 0.6 is 22.6 Å². The third-order valence-corrected chi connectivity index (χ3v) is 3.38. The predicted octanol–water partition coefficient (Wildman–Crippen LogP) is 3.21. The van der Waals surface area contributed by atoms with Crippen LogP contribution in [-0.4, -0.2) is 33.6 Å². The summed E-state index contributed by atoms with van der Waals surface area (Å²) in [4.78, 5) is 13.4. The van der Waals surface area contributed by atoms with E-state index >= 15 is 0 Å². The molecule has 88 valence electrons. The topological polar surface area (TPSA) is 29.5 Å². The maximum absolute atomic E-state index is 11.7. The molecule has 0 aromatic heterocycles. The first-order valence-corrected chi connectivity index (χ1v) is 6.81. The Kier molecular flexibility index (Phi) is 4.67. The number of likely N-dealkylation sites (tertiary alicyclic amines) is 1. The van der Waals surface area contributed by atoms with Crippen LogP contribution in [0.1, 0.15) is 40.0 Å². The highest BCUT2D eigenvalue weighted by Crippen LogP contribution is 2.23. The molecule has 0 saturated carbocycles. The first-order chi connectivity index (χ1) is 6.94. The third kappa shape index (κ3) is 4.17. The summed E-state index contributed by atoms with van der Waals surface area (Å²) in [5.74, 6) is 0. The Labute approximate surface area is 106 Å². The molecule has 1 heterocycles. The SMILES string of the molecule is CCCCC(C)(C)OC(=O)N1CC(I)C1. The average molecular weight is 325 g/mol. The number of hydrogen-bond acceptors (Lipinski definition) is 2. The third-order valence-electron chi connectivity index (χ3n) is 2.59. The summed E-state index contributed by atoms with van der Waals surface area (Å²) in [5, 5.41) is 0. The van der Waals surface area contributed by atoms with Crippen molar-refractivity contribution >= 4 is 28.7 Å². The summed E-state index contributed by atoms with van der Waals surface area (Å²) in [6.45, 7) is 7.80. The van der Waals surface area contributed by atoms with E-state index in [1.54, 1.807) is 4.90 Å². The summed E-state index contributed by atoms with van der Waals surface area (Å²) in [6.07, 6.45) is 3.04. The van der Waals surface area contributed by atoms with E-state index in [-0.39, 0.29) is 11.7 Å². The zero-order chi connectivity index (χ0) is 11.5. The molecule has 0 unspecified atom stereocenters. The summed E-state index contributed by atoms with van der Waals surface area (Å²) in [7, 11) is 0. The average Bonchev–Trinajstić information content (AvgIpc) is 2.09. The molecule has 0 bridgehead atoms. The number of hydrogen-bond donors (Lipinski definition) is 0. The van der Waals surface area contributed by atoms with Crippen LogP contribution in [0.25, 0.3) is 0 Å². The number of halogens is 1. The molecule has 3 nitrogen and oxygen atoms in total. The summed E-state index contributed by atoms with van der Waals surface area (Å²) in [6, 6.07) is 0. The van der Waals surface area contributed by atoms with Gasteiger partial charge in [0, 0.05) is 17.0 Å². The number of unbranched alkanes of at least 4 members (excludes halogenated alkanes) is 1. The molecule has 1 fully saturated rings. The van der Waals surface area contributed by atoms with E-state index in [0.717, 1.165) is 32.4 Å². The lowest BCUT2D eigenvalue weighted by Crippen LogP contribution is -2.52. The van der Waals surface area contributed by atoms with Crippen molar-refractivity contribution in [2.24, 2.45) is 0 Å². The molecular weight excluding hydrogens is 305 g/mol. The second-order valence-electron chi connectivity index (χ2n) is 4.73. The van der Waals surface area contributed by atoms with E-state index in [1.165, 1.54) is 0 Å². The molecular formula is C11H20INO2. The van der Waals surface area contributed by atoms with Crippen LogP contribution in [0.4, 0.5) is 4.79 Å². The molecule has 0 atom stereocenters. The van der Waals surface area contributed by atoms with Crippen molar-refractivity contribution in [1.82, 2.24) is 4.90 Å². The fourth-order valence-corrected chi connectivity index (χ4v) is 2.48. The lowest BCUT2D eigenvalue weighted by Gasteiger charge is -2.37. The molecule has 1 aliphatic rings. The van der Waals surface area contributed by atoms with Gasteiger partial charge in [0.05, 0.1) is 0 Å². The van der Waals surface area contributed by atoms with Gasteiger partial charge >= 0.3 is 6.09 Å². The molecule has 0 aromatic rings. The van der Waals surface area contributed by atoms with Crippen LogP contribution < -0.4 is 0 Å². The first kappa shape index (κ1) is 13.1. The molecule has 15 heavy (non-hydrogen) atoms. The van der Waals surface area contributed by atoms with Crippen LogP contribution in [0.2, 0.25) is 0 Å². The maximum atomic E-state index is 11.7. The molecule has 1 rings (SSSR count). The van der Waals surface area contributed by atoms with Gasteiger partial charge in [-0.25, -0.2) is 4.79 Å². The molecule has 0 radical (unpaired) electrons. The number of carbonyl (C=O) groups is 1. The molecule has 0 aromatic carbocycles. The molecule has 1 aliphatic heterocycles. The van der Waals surface area contributed by atoms with Gasteiger partial charge in [-0.05, 0) is 26.7 Å². The van der Waals surface area contributed by atoms with E-state index in [9.17, 15) is 4.79 Å². The normalized spacial score (nSPS) is 17.5. The van der Waals surface area contributed by atoms with Crippen molar-refractivity contribution in [2.45, 2.75) is 49.6 Å². The molecule has 0 N–H and O–H groups in total. The Balaban J connectivity index is 2.29. The molecule has 4 heteroatoms. The van der Waals surface area contributed by atoms with Gasteiger partial charge in [0.1, 0.15) is 5.60 Å². The van der Waals surface area contributed by atoms with Gasteiger partial charge in [0.2, 0.25) is 0 Å². The van der Waals surface area contributed by atoms with E-state index in [0.29, 0.717) is 3.92 Å². The van der Waals surface area contributed by atoms with E-state index in [2.05, 4.69) is 29.5 Å². The fourth-order valence-electron chi connectivity index (χ4n) is 1.53. The smallest absolute Gasteiger partial charge is 0.410 e. The van der Waals surface area contributed by atoms with Gasteiger partial charge in [-0.2, -0.15) is 0 Å². The van der Waals surface area contributed by atoms with Gasteiger partial charge in [-0.15, -0.1) is 0 Å². The monoisotopic (exact) mass is 325 g/mol. The van der Waals surface area contributed by atoms with Gasteiger partial charge in [-0.1, -0.05) is 35.9 Å². The van der Waals surface area contributed by atoms with Gasteiger partial charge < -0.3 is 9.64 Å². The second-order valence-corrected chi connectivity index (χ2v) is 6.50. The van der Waals surface area contributed by atoms with E-state index in [4.69, 9.17) is 4.74 Å². The lowest BCUT2D eigenvalue weighted by molar-refractivity contribution is -0.000917. The summed E-state index contributed by atoms with van der Waals surface area (Å²) < 4.78 is 6.08. The lowest BCUT2D eigenvalue weighted by atomic mass is 10.0. The van der Waals surface area contributed by atoms with E-state index < -0.39 is 0 Å². The van der Waals surface area contributed by atoms with Gasteiger partial charge in [0.15, 0.2) is 0 Å². The number of nitrogens with zero attached hydrogens (tertiary/aromatic N) is 1. The Morgan fingerprint density at radius 1 is 1.53 bits per heavy atom. The fraction of sp³-hybridized carbons (Fsp3) is 0.909. The van der Waals surface area contributed by atoms with Crippen LogP contribution in [0.15, 0.2) is 0 Å². The quantitative estimate of drug-likeness (QED) is 0.587. The van der Waals surface area contributed by atoms with Crippen LogP contribution in [0.3, 0.4) is 0 Å². The summed E-state index contributed by atoms with van der Waals surface area (Å²) in [5.41, 5.74) is -0.316. The van der Waals surface area contributed by atoms with Crippen molar-refractivity contribution in [3.63, 3.8) is 0 Å². The van der Waals surface area contributed by atoms with Crippen molar-refractivity contribution in [3.8, 4) is 0 Å². The number of ether oxygens (including phenoxy) is 1. The number of rotatable bonds is 4. The molecule has 1 amide bonds. The highest BCUT2D eigenvalue weighted by Gasteiger charge is 2.32. The van der Waals surface area contributed by atoms with Gasteiger partial charge in [-0.3, -0.25) is 0 Å². The predicted molar refractivity (Wildman–Crippen MR) is 69.5 cm³/mol. The Hall–Kier alpha value is 0. The molecule has 0 spiro atoms. The van der Waals surface area contributed by atoms with Crippen molar-refractivity contribution < 1.29 is 9.53 Å². The highest BCUT2D eigenvalue weighted by molar-refractivity contribution is 14.1. The first-order valence-electron chi connectivity index (χ1n) is 5.56. The maximum Gasteiger partial charge on any atom is 0.410 e. The van der Waals surface area contributed by atoms with Gasteiger partial charge in [0.25, 0.3) is 0 Å². The largest absolute Gasteiger partial charge is 0.443 e. The minimum atomic E-state index is -0.316. The Morgan fingerprint density at radius 2 is 2.13 bits per heavy atom. The molecule has 0 aliphatic carbocycles. The minimum Gasteiger partial charge on any atom is -0.443 e. The van der Waals surface area contributed by atoms with Crippen LogP contribution in [-0.2, 0) is 4.74 Å². The van der Waals surface area contributed by atoms with Crippen LogP contribution in [0, 0.1) is 0 Å². The van der Waals surface area contributed by atoms with Crippen molar-refractivity contribution in [2.75, 3.05) is 13.1 Å². The Morgan fingerprint density at radius 3 is 2.60 bits per heavy atom. The Bertz CT molecular complexity index is 225. The second kappa shape index (κ2) is 5.37. The zero-order valence-corrected chi connectivity index (χ0v) is 11.9. The number of amides is 1. The van der Waals surface area contributed by atoms with Crippen molar-refractivity contribution in [1.29, 1.82) is 0 Å². The zero-order valence-electron chi connectivity index (χ0n) is 9.75. The highest BCUT2D eigenvalue weighted by atomic mass is 127. The van der Waals surface area contributed by atoms with Crippen LogP contribution in [0.5, 0.6) is 0 Å². The standard InChI is InChI=1S/C11H20INO2/c1-4-5-6-11(2,3)15-10(14)13-7-9(12)8-13/h9H,4-8H2,1-3H3. The van der Waals surface area contributed by atoms with Crippen molar-refractivity contribution in [3.05, 3.63) is 0 Å². The van der Waals surface area contributed by atoms with E-state index in [1.807, 2.05) is 13.8 Å². The minimum absolute atomic E-state index is 0.149.